The van der Waals surface area contributed by atoms with Gasteiger partial charge in [-0.3, -0.25) is 23.2 Å². The third-order valence-corrected chi connectivity index (χ3v) is 10.1. The normalized spacial score (nSPS) is 11.7. The summed E-state index contributed by atoms with van der Waals surface area (Å²) in [5.74, 6) is 0.265. The summed E-state index contributed by atoms with van der Waals surface area (Å²) in [5, 5.41) is 15.4. The predicted molar refractivity (Wildman–Crippen MR) is 232 cm³/mol. The number of aliphatic hydroxyl groups excluding tert-OH is 1. The molecule has 0 aromatic carbocycles. The molecule has 0 heterocycles. The zero-order chi connectivity index (χ0) is 40.9. The highest BCUT2D eigenvalue weighted by Crippen LogP contribution is 2.11. The van der Waals surface area contributed by atoms with Crippen molar-refractivity contribution < 1.29 is 31.8 Å². The van der Waals surface area contributed by atoms with Gasteiger partial charge >= 0.3 is 10.4 Å². The second kappa shape index (κ2) is 44.9. The molecule has 0 spiro atoms. The van der Waals surface area contributed by atoms with Gasteiger partial charge in [0, 0.05) is 52.2 Å². The first-order valence-corrected chi connectivity index (χ1v) is 23.8. The molecule has 0 aromatic heterocycles. The van der Waals surface area contributed by atoms with Crippen LogP contribution in [-0.4, -0.2) is 81.2 Å². The van der Waals surface area contributed by atoms with Crippen LogP contribution in [0.5, 0.6) is 0 Å². The second-order valence-electron chi connectivity index (χ2n) is 14.9. The van der Waals surface area contributed by atoms with Crippen molar-refractivity contribution in [3.63, 3.8) is 0 Å². The molecule has 0 atom stereocenters. The number of unbranched alkanes of at least 4 members (excludes halogenated alkanes) is 22. The van der Waals surface area contributed by atoms with Crippen LogP contribution in [0.4, 0.5) is 0 Å². The van der Waals surface area contributed by atoms with E-state index in [0.717, 1.165) is 52.4 Å². The predicted octanol–water partition coefficient (Wildman–Crippen LogP) is 10.4. The molecule has 0 aliphatic heterocycles. The lowest BCUT2D eigenvalue weighted by Crippen LogP contribution is -2.40. The number of rotatable bonds is 40. The van der Waals surface area contributed by atoms with E-state index < -0.39 is 10.4 Å². The molecule has 326 valence electrons. The summed E-state index contributed by atoms with van der Waals surface area (Å²) in [6.07, 6.45) is 44.1. The maximum atomic E-state index is 12.3. The Kier molecular flexibility index (Phi) is 45.2. The quantitative estimate of drug-likeness (QED) is 0.0272. The smallest absolute Gasteiger partial charge is 0.396 e. The number of nitrogens with zero attached hydrogens (tertiary/aromatic N) is 1. The highest BCUT2D eigenvalue weighted by Gasteiger charge is 2.08. The summed E-state index contributed by atoms with van der Waals surface area (Å²) >= 11 is 0. The van der Waals surface area contributed by atoms with Gasteiger partial charge in [0.1, 0.15) is 0 Å². The minimum atomic E-state index is -4.16. The van der Waals surface area contributed by atoms with Gasteiger partial charge in [-0.2, -0.15) is 8.42 Å². The zero-order valence-corrected chi connectivity index (χ0v) is 36.7. The lowest BCUT2D eigenvalue weighted by Gasteiger charge is -2.22. The fourth-order valence-corrected chi connectivity index (χ4v) is 6.23. The summed E-state index contributed by atoms with van der Waals surface area (Å²) in [6.45, 7) is 8.15. The van der Waals surface area contributed by atoms with Gasteiger partial charge in [0.2, 0.25) is 11.8 Å². The van der Waals surface area contributed by atoms with Crippen LogP contribution in [0.15, 0.2) is 24.3 Å². The number of carbonyl (C=O) groups excluding carboxylic acids is 2. The maximum absolute atomic E-state index is 12.3. The Balaban J connectivity index is 0. The third kappa shape index (κ3) is 50.2. The van der Waals surface area contributed by atoms with E-state index in [1.54, 1.807) is 0 Å². The van der Waals surface area contributed by atoms with Crippen molar-refractivity contribution in [1.82, 2.24) is 15.5 Å². The van der Waals surface area contributed by atoms with Crippen molar-refractivity contribution in [1.29, 1.82) is 0 Å². The number of hydrogen-bond acceptors (Lipinski definition) is 7. The number of carbonyl (C=O) groups is 2. The monoisotopic (exact) mass is 802 g/mol. The van der Waals surface area contributed by atoms with Gasteiger partial charge in [0.05, 0.1) is 7.11 Å². The molecular formula is C44H87N3O7S. The molecule has 0 saturated carbocycles. The molecule has 0 saturated heterocycles. The van der Waals surface area contributed by atoms with Gasteiger partial charge in [-0.15, -0.1) is 0 Å². The minimum absolute atomic E-state index is 0.132. The van der Waals surface area contributed by atoms with Crippen LogP contribution in [0.25, 0.3) is 0 Å². The first-order valence-electron chi connectivity index (χ1n) is 22.4. The number of amides is 2. The highest BCUT2D eigenvalue weighted by atomic mass is 32.3. The third-order valence-electron chi connectivity index (χ3n) is 9.67. The van der Waals surface area contributed by atoms with Crippen molar-refractivity contribution in [3.8, 4) is 0 Å². The topological polar surface area (TPSA) is 145 Å². The van der Waals surface area contributed by atoms with Gasteiger partial charge in [-0.1, -0.05) is 141 Å². The molecule has 10 nitrogen and oxygen atoms in total. The lowest BCUT2D eigenvalue weighted by molar-refractivity contribution is -0.121. The summed E-state index contributed by atoms with van der Waals surface area (Å²) in [5.41, 5.74) is 0. The minimum Gasteiger partial charge on any atom is -0.396 e. The van der Waals surface area contributed by atoms with E-state index in [4.69, 9.17) is 4.55 Å². The largest absolute Gasteiger partial charge is 0.397 e. The van der Waals surface area contributed by atoms with Crippen molar-refractivity contribution in [2.24, 2.45) is 0 Å². The van der Waals surface area contributed by atoms with Gasteiger partial charge in [0.15, 0.2) is 0 Å². The Morgan fingerprint density at radius 2 is 0.836 bits per heavy atom. The molecule has 11 heteroatoms. The molecule has 4 N–H and O–H groups in total. The van der Waals surface area contributed by atoms with E-state index in [2.05, 4.69) is 57.9 Å². The van der Waals surface area contributed by atoms with Gasteiger partial charge < -0.3 is 15.7 Å². The van der Waals surface area contributed by atoms with E-state index in [1.807, 2.05) is 0 Å². The molecule has 2 amide bonds. The first-order chi connectivity index (χ1) is 26.7. The fourth-order valence-electron chi connectivity index (χ4n) is 6.23. The van der Waals surface area contributed by atoms with E-state index >= 15 is 0 Å². The van der Waals surface area contributed by atoms with Crippen molar-refractivity contribution in [2.75, 3.05) is 46.4 Å². The van der Waals surface area contributed by atoms with Crippen LogP contribution in [0, 0.1) is 0 Å². The fraction of sp³-hybridized carbons (Fsp3) is 0.864. The zero-order valence-electron chi connectivity index (χ0n) is 35.8. The van der Waals surface area contributed by atoms with Crippen LogP contribution in [0.1, 0.15) is 200 Å². The molecule has 0 bridgehead atoms. The summed E-state index contributed by atoms with van der Waals surface area (Å²) in [7, 11) is -3.29. The van der Waals surface area contributed by atoms with Gasteiger partial charge in [-0.05, 0) is 70.6 Å². The molecular weight excluding hydrogens is 715 g/mol. The van der Waals surface area contributed by atoms with Crippen LogP contribution in [0.2, 0.25) is 0 Å². The molecule has 0 rings (SSSR count). The van der Waals surface area contributed by atoms with E-state index in [0.29, 0.717) is 32.4 Å². The number of allylic oxidation sites excluding steroid dienone is 4. The average Bonchev–Trinajstić information content (AvgIpc) is 3.16. The molecule has 0 unspecified atom stereocenters. The standard InChI is InChI=1S/C43H83N3O3.CH4O4S/c1-3-5-7-9-11-13-15-17-19-21-23-25-27-29-31-34-42(48)44-36-39-46(38-33-41-47)40-37-45-43(49)35-32-30-28-26-24-22-20-18-16-14-12-10-8-6-4-2;1-5-6(2,3)4/h17-20,47H,3-16,21-41H2,1-2H3,(H,44,48)(H,45,49);1H3,(H,2,3,4)/b19-17+,20-18+;. The molecule has 0 aliphatic carbocycles. The second-order valence-corrected chi connectivity index (χ2v) is 16.1. The average molecular weight is 802 g/mol. The summed E-state index contributed by atoms with van der Waals surface area (Å²) < 4.78 is 29.7. The molecule has 0 aromatic rings. The van der Waals surface area contributed by atoms with Crippen molar-refractivity contribution >= 4 is 22.2 Å². The van der Waals surface area contributed by atoms with E-state index in [9.17, 15) is 23.1 Å². The summed E-state index contributed by atoms with van der Waals surface area (Å²) in [4.78, 5) is 26.9. The molecule has 0 radical (unpaired) electrons. The van der Waals surface area contributed by atoms with Gasteiger partial charge in [-0.25, -0.2) is 0 Å². The molecule has 0 aliphatic rings. The Bertz CT molecular complexity index is 934. The van der Waals surface area contributed by atoms with Crippen LogP contribution >= 0.6 is 0 Å². The summed E-state index contributed by atoms with van der Waals surface area (Å²) in [6, 6.07) is 0. The van der Waals surface area contributed by atoms with Crippen LogP contribution in [0.3, 0.4) is 0 Å². The SMILES string of the molecule is CCCCCCCC/C=C/CCCCCCCC(=O)NCCN(CCCO)CCNC(=O)CCCCCCC/C=C/CCCCCCCC.COS(=O)(=O)O. The number of nitrogens with one attached hydrogen (secondary N) is 2. The maximum Gasteiger partial charge on any atom is 0.397 e. The number of hydrogen-bond donors (Lipinski definition) is 4. The Labute approximate surface area is 339 Å². The Morgan fingerprint density at radius 1 is 0.527 bits per heavy atom. The van der Waals surface area contributed by atoms with Crippen LogP contribution < -0.4 is 10.6 Å². The highest BCUT2D eigenvalue weighted by molar-refractivity contribution is 7.80. The van der Waals surface area contributed by atoms with Crippen LogP contribution in [-0.2, 0) is 24.2 Å². The molecule has 55 heavy (non-hydrogen) atoms. The van der Waals surface area contributed by atoms with Crippen molar-refractivity contribution in [2.45, 2.75) is 200 Å². The Hall–Kier alpha value is -1.79. The lowest BCUT2D eigenvalue weighted by atomic mass is 10.1. The molecule has 0 fully saturated rings. The van der Waals surface area contributed by atoms with Gasteiger partial charge in [0.25, 0.3) is 0 Å². The number of aliphatic hydroxyl groups is 1. The van der Waals surface area contributed by atoms with E-state index in [-0.39, 0.29) is 18.4 Å². The first kappa shape index (κ1) is 55.3. The van der Waals surface area contributed by atoms with E-state index in [1.165, 1.54) is 141 Å². The van der Waals surface area contributed by atoms with Crippen molar-refractivity contribution in [3.05, 3.63) is 24.3 Å². The Morgan fingerprint density at radius 3 is 1.15 bits per heavy atom.